The van der Waals surface area contributed by atoms with Gasteiger partial charge < -0.3 is 30.1 Å². The van der Waals surface area contributed by atoms with E-state index in [2.05, 4.69) is 25.9 Å². The van der Waals surface area contributed by atoms with Crippen LogP contribution in [-0.4, -0.2) is 65.0 Å². The molecular weight excluding hydrogens is 512 g/mol. The smallest absolute Gasteiger partial charge is 0.412 e. The molecule has 0 aliphatic carbocycles. The molecule has 0 radical (unpaired) electrons. The van der Waals surface area contributed by atoms with Gasteiger partial charge >= 0.3 is 12.2 Å². The number of aromatic nitrogens is 2. The Balaban J connectivity index is 1.65. The van der Waals surface area contributed by atoms with Gasteiger partial charge in [-0.3, -0.25) is 20.1 Å². The molecule has 1 atom stereocenters. The molecule has 1 saturated heterocycles. The highest BCUT2D eigenvalue weighted by atomic mass is 32.1. The second kappa shape index (κ2) is 11.1. The molecule has 0 bridgehead atoms. The molecule has 0 unspecified atom stereocenters. The van der Waals surface area contributed by atoms with Crippen molar-refractivity contribution in [1.82, 2.24) is 15.3 Å². The van der Waals surface area contributed by atoms with Gasteiger partial charge in [0.15, 0.2) is 0 Å². The number of anilines is 3. The standard InChI is InChI=1S/C25H30N6O6S/c1-25(2,3)37-24(35)30-22-19(20-18(38-22)10-15(36-4)11-27-20)21(32)29-16-12-26-8-7-17(16)31-9-5-6-14(13-31)28-23(33)34/h7-8,10-12,14,28H,5-6,9,13H2,1-4H3,(H,29,32)(H,30,35)(H,33,34)/t14-/m0/s1. The van der Waals surface area contributed by atoms with Crippen molar-refractivity contribution in [2.45, 2.75) is 45.3 Å². The zero-order chi connectivity index (χ0) is 27.4. The van der Waals surface area contributed by atoms with E-state index in [9.17, 15) is 14.4 Å². The first-order valence-corrected chi connectivity index (χ1v) is 12.8. The first-order chi connectivity index (χ1) is 18.0. The average molecular weight is 543 g/mol. The summed E-state index contributed by atoms with van der Waals surface area (Å²) in [6.45, 7) is 6.39. The normalized spacial score (nSPS) is 15.6. The van der Waals surface area contributed by atoms with E-state index in [0.717, 1.165) is 12.8 Å². The molecule has 38 heavy (non-hydrogen) atoms. The molecule has 1 fully saturated rings. The van der Waals surface area contributed by atoms with Gasteiger partial charge in [-0.15, -0.1) is 11.3 Å². The number of hydrogen-bond acceptors (Lipinski definition) is 9. The van der Waals surface area contributed by atoms with Crippen molar-refractivity contribution in [2.75, 3.05) is 35.7 Å². The van der Waals surface area contributed by atoms with E-state index in [1.165, 1.54) is 30.8 Å². The minimum absolute atomic E-state index is 0.178. The number of ether oxygens (including phenoxy) is 2. The van der Waals surface area contributed by atoms with E-state index in [1.807, 2.05) is 4.90 Å². The summed E-state index contributed by atoms with van der Waals surface area (Å²) in [5.41, 5.74) is 1.01. The fraction of sp³-hybridized carbons (Fsp3) is 0.400. The molecule has 4 rings (SSSR count). The summed E-state index contributed by atoms with van der Waals surface area (Å²) in [6.07, 6.45) is 4.39. The van der Waals surface area contributed by atoms with Crippen LogP contribution in [0.5, 0.6) is 5.75 Å². The SMILES string of the molecule is COc1cnc2c(C(=O)Nc3cnccc3N3CCC[C@H](NC(=O)O)C3)c(NC(=O)OC(C)(C)C)sc2c1. The number of pyridine rings is 2. The predicted octanol–water partition coefficient (Wildman–Crippen LogP) is 4.54. The Morgan fingerprint density at radius 2 is 2.00 bits per heavy atom. The third kappa shape index (κ3) is 6.40. The van der Waals surface area contributed by atoms with Gasteiger partial charge in [-0.2, -0.15) is 0 Å². The van der Waals surface area contributed by atoms with Crippen LogP contribution in [0.25, 0.3) is 10.2 Å². The highest BCUT2D eigenvalue weighted by molar-refractivity contribution is 7.23. The molecule has 3 aromatic rings. The van der Waals surface area contributed by atoms with E-state index >= 15 is 0 Å². The zero-order valence-corrected chi connectivity index (χ0v) is 22.3. The Kier molecular flexibility index (Phi) is 7.86. The average Bonchev–Trinajstić information content (AvgIpc) is 3.19. The van der Waals surface area contributed by atoms with E-state index in [-0.39, 0.29) is 16.6 Å². The number of hydrogen-bond donors (Lipinski definition) is 4. The van der Waals surface area contributed by atoms with Crippen molar-refractivity contribution in [2.24, 2.45) is 0 Å². The molecule has 0 saturated carbocycles. The molecule has 3 amide bonds. The van der Waals surface area contributed by atoms with Gasteiger partial charge in [-0.1, -0.05) is 0 Å². The summed E-state index contributed by atoms with van der Waals surface area (Å²) in [4.78, 5) is 48.0. The molecule has 3 aromatic heterocycles. The maximum Gasteiger partial charge on any atom is 0.412 e. The number of methoxy groups -OCH3 is 1. The number of carboxylic acid groups (broad SMARTS) is 1. The number of carbonyl (C=O) groups excluding carboxylic acids is 2. The molecule has 202 valence electrons. The fourth-order valence-corrected chi connectivity index (χ4v) is 5.27. The molecule has 0 spiro atoms. The first kappa shape index (κ1) is 26.9. The van der Waals surface area contributed by atoms with Crippen LogP contribution in [0.4, 0.5) is 26.0 Å². The number of rotatable bonds is 6. The van der Waals surface area contributed by atoms with Gasteiger partial charge in [0.25, 0.3) is 5.91 Å². The van der Waals surface area contributed by atoms with E-state index in [4.69, 9.17) is 14.6 Å². The number of amides is 3. The van der Waals surface area contributed by atoms with Crippen molar-refractivity contribution in [1.29, 1.82) is 0 Å². The van der Waals surface area contributed by atoms with Crippen LogP contribution in [0.2, 0.25) is 0 Å². The van der Waals surface area contributed by atoms with Gasteiger partial charge in [-0.05, 0) is 39.7 Å². The van der Waals surface area contributed by atoms with E-state index in [0.29, 0.717) is 40.4 Å². The minimum atomic E-state index is -1.07. The maximum atomic E-state index is 13.7. The Bertz CT molecular complexity index is 1350. The Labute approximate surface area is 223 Å². The fourth-order valence-electron chi connectivity index (χ4n) is 4.20. The summed E-state index contributed by atoms with van der Waals surface area (Å²) in [5.74, 6) is 0.0186. The van der Waals surface area contributed by atoms with Crippen LogP contribution in [0.15, 0.2) is 30.7 Å². The van der Waals surface area contributed by atoms with Gasteiger partial charge in [0.05, 0.1) is 41.1 Å². The van der Waals surface area contributed by atoms with Crippen molar-refractivity contribution in [3.05, 3.63) is 36.3 Å². The monoisotopic (exact) mass is 542 g/mol. The number of nitrogens with zero attached hydrogens (tertiary/aromatic N) is 3. The maximum absolute atomic E-state index is 13.7. The second-order valence-corrected chi connectivity index (χ2v) is 10.8. The molecule has 1 aliphatic rings. The van der Waals surface area contributed by atoms with E-state index < -0.39 is 23.7 Å². The third-order valence-corrected chi connectivity index (χ3v) is 6.76. The van der Waals surface area contributed by atoms with Crippen molar-refractivity contribution < 1.29 is 29.0 Å². The Morgan fingerprint density at radius 1 is 1.21 bits per heavy atom. The van der Waals surface area contributed by atoms with Gasteiger partial charge in [-0.25, -0.2) is 9.59 Å². The van der Waals surface area contributed by atoms with Crippen LogP contribution in [0, 0.1) is 0 Å². The zero-order valence-electron chi connectivity index (χ0n) is 21.5. The lowest BCUT2D eigenvalue weighted by Crippen LogP contribution is -2.47. The molecule has 4 heterocycles. The lowest BCUT2D eigenvalue weighted by Gasteiger charge is -2.35. The highest BCUT2D eigenvalue weighted by Gasteiger charge is 2.27. The lowest BCUT2D eigenvalue weighted by molar-refractivity contribution is 0.0636. The first-order valence-electron chi connectivity index (χ1n) is 12.0. The topological polar surface area (TPSA) is 155 Å². The quantitative estimate of drug-likeness (QED) is 0.351. The number of piperidine rings is 1. The number of fused-ring (bicyclic) bond motifs is 1. The van der Waals surface area contributed by atoms with Crippen LogP contribution < -0.4 is 25.6 Å². The molecular formula is C25H30N6O6S. The highest BCUT2D eigenvalue weighted by Crippen LogP contribution is 2.38. The van der Waals surface area contributed by atoms with Crippen LogP contribution in [0.1, 0.15) is 44.0 Å². The van der Waals surface area contributed by atoms with Gasteiger partial charge in [0.1, 0.15) is 21.9 Å². The second-order valence-electron chi connectivity index (χ2n) is 9.74. The summed E-state index contributed by atoms with van der Waals surface area (Å²) < 4.78 is 11.3. The minimum Gasteiger partial charge on any atom is -0.495 e. The van der Waals surface area contributed by atoms with E-state index in [1.54, 1.807) is 39.1 Å². The summed E-state index contributed by atoms with van der Waals surface area (Å²) >= 11 is 1.18. The molecule has 4 N–H and O–H groups in total. The Hall–Kier alpha value is -4.13. The van der Waals surface area contributed by atoms with Crippen LogP contribution in [0.3, 0.4) is 0 Å². The predicted molar refractivity (Wildman–Crippen MR) is 145 cm³/mol. The van der Waals surface area contributed by atoms with Crippen molar-refractivity contribution >= 4 is 56.0 Å². The largest absolute Gasteiger partial charge is 0.495 e. The number of thiophene rings is 1. The van der Waals surface area contributed by atoms with Crippen molar-refractivity contribution in [3.8, 4) is 5.75 Å². The molecule has 12 nitrogen and oxygen atoms in total. The summed E-state index contributed by atoms with van der Waals surface area (Å²) in [7, 11) is 1.52. The lowest BCUT2D eigenvalue weighted by atomic mass is 10.0. The number of carbonyl (C=O) groups is 3. The van der Waals surface area contributed by atoms with Crippen LogP contribution in [-0.2, 0) is 4.74 Å². The van der Waals surface area contributed by atoms with Crippen LogP contribution >= 0.6 is 11.3 Å². The molecule has 0 aromatic carbocycles. The third-order valence-electron chi connectivity index (χ3n) is 5.72. The molecule has 1 aliphatic heterocycles. The number of nitrogens with one attached hydrogen (secondary N) is 3. The van der Waals surface area contributed by atoms with Gasteiger partial charge in [0.2, 0.25) is 0 Å². The van der Waals surface area contributed by atoms with Crippen molar-refractivity contribution in [3.63, 3.8) is 0 Å². The Morgan fingerprint density at radius 3 is 2.71 bits per heavy atom. The van der Waals surface area contributed by atoms with Gasteiger partial charge in [0, 0.05) is 31.4 Å². The molecule has 13 heteroatoms. The summed E-state index contributed by atoms with van der Waals surface area (Å²) in [5, 5.41) is 17.5. The summed E-state index contributed by atoms with van der Waals surface area (Å²) in [6, 6.07) is 3.28.